The lowest BCUT2D eigenvalue weighted by molar-refractivity contribution is -0.121. The molecule has 0 atom stereocenters. The summed E-state index contributed by atoms with van der Waals surface area (Å²) < 4.78 is 0. The standard InChI is InChI=1S/C15H22N2O3S/c1-17(15(20)13-6-3-2-4-7-13)12-14(19)16-8-11-21-10-5-9-18/h2-4,6-7,18H,5,8-12H2,1H3,(H,16,19). The molecule has 5 nitrogen and oxygen atoms in total. The number of thioether (sulfide) groups is 1. The molecule has 0 fully saturated rings. The van der Waals surface area contributed by atoms with Crippen molar-refractivity contribution in [1.29, 1.82) is 0 Å². The van der Waals surface area contributed by atoms with Gasteiger partial charge in [-0.15, -0.1) is 0 Å². The highest BCUT2D eigenvalue weighted by Gasteiger charge is 2.14. The van der Waals surface area contributed by atoms with E-state index in [1.807, 2.05) is 6.07 Å². The normalized spacial score (nSPS) is 10.2. The van der Waals surface area contributed by atoms with Crippen molar-refractivity contribution in [2.45, 2.75) is 6.42 Å². The summed E-state index contributed by atoms with van der Waals surface area (Å²) in [5, 5.41) is 11.4. The zero-order valence-corrected chi connectivity index (χ0v) is 13.1. The molecule has 0 radical (unpaired) electrons. The van der Waals surface area contributed by atoms with Crippen LogP contribution in [0.1, 0.15) is 16.8 Å². The van der Waals surface area contributed by atoms with Gasteiger partial charge in [0.15, 0.2) is 0 Å². The fourth-order valence-electron chi connectivity index (χ4n) is 1.68. The van der Waals surface area contributed by atoms with Gasteiger partial charge in [0.1, 0.15) is 0 Å². The molecule has 0 bridgehead atoms. The molecule has 2 N–H and O–H groups in total. The molecule has 0 saturated carbocycles. The third-order valence-electron chi connectivity index (χ3n) is 2.76. The number of benzene rings is 1. The van der Waals surface area contributed by atoms with Crippen molar-refractivity contribution < 1.29 is 14.7 Å². The van der Waals surface area contributed by atoms with Gasteiger partial charge in [-0.3, -0.25) is 9.59 Å². The van der Waals surface area contributed by atoms with Gasteiger partial charge in [0.25, 0.3) is 5.91 Å². The number of carbonyl (C=O) groups excluding carboxylic acids is 2. The van der Waals surface area contributed by atoms with Crippen LogP contribution in [0.2, 0.25) is 0 Å². The van der Waals surface area contributed by atoms with Crippen LogP contribution in [0.25, 0.3) is 0 Å². The Labute approximate surface area is 129 Å². The highest BCUT2D eigenvalue weighted by molar-refractivity contribution is 7.99. The lowest BCUT2D eigenvalue weighted by Crippen LogP contribution is -2.39. The van der Waals surface area contributed by atoms with Crippen LogP contribution in [-0.2, 0) is 4.79 Å². The van der Waals surface area contributed by atoms with E-state index in [9.17, 15) is 9.59 Å². The smallest absolute Gasteiger partial charge is 0.254 e. The third-order valence-corrected chi connectivity index (χ3v) is 3.83. The molecule has 21 heavy (non-hydrogen) atoms. The van der Waals surface area contributed by atoms with Crippen molar-refractivity contribution in [3.63, 3.8) is 0 Å². The molecule has 0 aromatic heterocycles. The first kappa shape index (κ1) is 17.5. The number of amides is 2. The van der Waals surface area contributed by atoms with Crippen LogP contribution >= 0.6 is 11.8 Å². The molecule has 2 amide bonds. The van der Waals surface area contributed by atoms with Gasteiger partial charge in [-0.25, -0.2) is 0 Å². The summed E-state index contributed by atoms with van der Waals surface area (Å²) in [4.78, 5) is 25.2. The summed E-state index contributed by atoms with van der Waals surface area (Å²) >= 11 is 1.69. The van der Waals surface area contributed by atoms with E-state index in [0.717, 1.165) is 17.9 Å². The average molecular weight is 310 g/mol. The summed E-state index contributed by atoms with van der Waals surface area (Å²) in [6.45, 7) is 0.823. The highest BCUT2D eigenvalue weighted by atomic mass is 32.2. The van der Waals surface area contributed by atoms with Crippen LogP contribution in [0.4, 0.5) is 0 Å². The second-order valence-corrected chi connectivity index (χ2v) is 5.79. The molecule has 0 aliphatic rings. The molecule has 0 aliphatic heterocycles. The van der Waals surface area contributed by atoms with Gasteiger partial charge in [-0.2, -0.15) is 11.8 Å². The second-order valence-electron chi connectivity index (χ2n) is 4.57. The van der Waals surface area contributed by atoms with Crippen molar-refractivity contribution in [3.05, 3.63) is 35.9 Å². The maximum absolute atomic E-state index is 12.0. The Balaban J connectivity index is 2.23. The number of hydrogen-bond acceptors (Lipinski definition) is 4. The fourth-order valence-corrected chi connectivity index (χ4v) is 2.46. The van der Waals surface area contributed by atoms with E-state index in [-0.39, 0.29) is 25.0 Å². The molecule has 0 aliphatic carbocycles. The van der Waals surface area contributed by atoms with E-state index < -0.39 is 0 Å². The van der Waals surface area contributed by atoms with E-state index in [0.29, 0.717) is 12.1 Å². The van der Waals surface area contributed by atoms with Crippen molar-refractivity contribution in [1.82, 2.24) is 10.2 Å². The Morgan fingerprint density at radius 1 is 1.24 bits per heavy atom. The van der Waals surface area contributed by atoms with Crippen molar-refractivity contribution in [2.75, 3.05) is 38.2 Å². The minimum absolute atomic E-state index is 0.0506. The second kappa shape index (κ2) is 10.2. The maximum Gasteiger partial charge on any atom is 0.254 e. The minimum Gasteiger partial charge on any atom is -0.396 e. The SMILES string of the molecule is CN(CC(=O)NCCSCCCO)C(=O)c1ccccc1. The Morgan fingerprint density at radius 3 is 2.62 bits per heavy atom. The summed E-state index contributed by atoms with van der Waals surface area (Å²) in [6, 6.07) is 8.90. The highest BCUT2D eigenvalue weighted by Crippen LogP contribution is 2.03. The number of aliphatic hydroxyl groups is 1. The Morgan fingerprint density at radius 2 is 1.95 bits per heavy atom. The number of hydrogen-bond donors (Lipinski definition) is 2. The minimum atomic E-state index is -0.164. The predicted molar refractivity (Wildman–Crippen MR) is 85.4 cm³/mol. The Kier molecular flexibility index (Phi) is 8.54. The van der Waals surface area contributed by atoms with Crippen LogP contribution < -0.4 is 5.32 Å². The van der Waals surface area contributed by atoms with Crippen LogP contribution in [0.3, 0.4) is 0 Å². The van der Waals surface area contributed by atoms with Gasteiger partial charge < -0.3 is 15.3 Å². The predicted octanol–water partition coefficient (Wildman–Crippen LogP) is 0.990. The topological polar surface area (TPSA) is 69.6 Å². The number of aliphatic hydroxyl groups excluding tert-OH is 1. The first-order valence-corrected chi connectivity index (χ1v) is 8.06. The summed E-state index contributed by atoms with van der Waals surface area (Å²) in [5.41, 5.74) is 0.576. The monoisotopic (exact) mass is 310 g/mol. The first-order valence-electron chi connectivity index (χ1n) is 6.91. The van der Waals surface area contributed by atoms with Crippen molar-refractivity contribution in [3.8, 4) is 0 Å². The van der Waals surface area contributed by atoms with Crippen molar-refractivity contribution >= 4 is 23.6 Å². The number of nitrogens with zero attached hydrogens (tertiary/aromatic N) is 1. The third kappa shape index (κ3) is 7.15. The Hall–Kier alpha value is -1.53. The summed E-state index contributed by atoms with van der Waals surface area (Å²) in [7, 11) is 1.62. The van der Waals surface area contributed by atoms with Crippen molar-refractivity contribution in [2.24, 2.45) is 0 Å². The number of rotatable bonds is 9. The lowest BCUT2D eigenvalue weighted by Gasteiger charge is -2.16. The zero-order chi connectivity index (χ0) is 15.5. The molecule has 0 spiro atoms. The van der Waals surface area contributed by atoms with Gasteiger partial charge in [-0.1, -0.05) is 18.2 Å². The molecular weight excluding hydrogens is 288 g/mol. The molecule has 0 unspecified atom stereocenters. The zero-order valence-electron chi connectivity index (χ0n) is 12.2. The molecule has 1 aromatic rings. The van der Waals surface area contributed by atoms with Crippen LogP contribution in [0, 0.1) is 0 Å². The largest absolute Gasteiger partial charge is 0.396 e. The quantitative estimate of drug-likeness (QED) is 0.667. The molecule has 0 heterocycles. The van der Waals surface area contributed by atoms with E-state index in [1.54, 1.807) is 43.1 Å². The van der Waals surface area contributed by atoms with Crippen LogP contribution in [0.15, 0.2) is 30.3 Å². The first-order chi connectivity index (χ1) is 10.1. The van der Waals surface area contributed by atoms with Gasteiger partial charge in [0, 0.05) is 31.5 Å². The number of carbonyl (C=O) groups is 2. The fraction of sp³-hybridized carbons (Fsp3) is 0.467. The van der Waals surface area contributed by atoms with Crippen LogP contribution in [0.5, 0.6) is 0 Å². The van der Waals surface area contributed by atoms with Gasteiger partial charge in [-0.05, 0) is 24.3 Å². The van der Waals surface area contributed by atoms with E-state index >= 15 is 0 Å². The molecular formula is C15H22N2O3S. The summed E-state index contributed by atoms with van der Waals surface area (Å²) in [5.74, 6) is 1.37. The van der Waals surface area contributed by atoms with E-state index in [2.05, 4.69) is 5.32 Å². The molecule has 0 saturated heterocycles. The van der Waals surface area contributed by atoms with Gasteiger partial charge in [0.2, 0.25) is 5.91 Å². The molecule has 1 aromatic carbocycles. The van der Waals surface area contributed by atoms with E-state index in [1.165, 1.54) is 4.90 Å². The lowest BCUT2D eigenvalue weighted by atomic mass is 10.2. The number of likely N-dealkylation sites (N-methyl/N-ethyl adjacent to an activating group) is 1. The summed E-state index contributed by atoms with van der Waals surface area (Å²) in [6.07, 6.45) is 0.771. The van der Waals surface area contributed by atoms with E-state index in [4.69, 9.17) is 5.11 Å². The molecule has 116 valence electrons. The van der Waals surface area contributed by atoms with Crippen LogP contribution in [-0.4, -0.2) is 60.1 Å². The maximum atomic E-state index is 12.0. The Bertz CT molecular complexity index is 440. The van der Waals surface area contributed by atoms with Gasteiger partial charge >= 0.3 is 0 Å². The number of nitrogens with one attached hydrogen (secondary N) is 1. The molecule has 1 rings (SSSR count). The molecule has 6 heteroatoms. The van der Waals surface area contributed by atoms with Gasteiger partial charge in [0.05, 0.1) is 6.54 Å². The average Bonchev–Trinajstić information content (AvgIpc) is 2.50.